The Morgan fingerprint density at radius 3 is 1.63 bits per heavy atom. The van der Waals surface area contributed by atoms with Crippen LogP contribution in [0.25, 0.3) is 22.5 Å². The first-order valence-corrected chi connectivity index (χ1v) is 20.9. The van der Waals surface area contributed by atoms with Gasteiger partial charge in [-0.3, -0.25) is 5.10 Å². The normalized spacial score (nSPS) is 11.2. The van der Waals surface area contributed by atoms with Crippen LogP contribution in [0.4, 0.5) is 41.4 Å². The van der Waals surface area contributed by atoms with Crippen LogP contribution in [0.3, 0.4) is 0 Å². The molecule has 10 rings (SSSR count). The molecule has 2 aliphatic carbocycles. The first-order chi connectivity index (χ1) is 32.5. The zero-order valence-electron chi connectivity index (χ0n) is 36.4. The zero-order valence-corrected chi connectivity index (χ0v) is 37.1. The summed E-state index contributed by atoms with van der Waals surface area (Å²) >= 11 is 4.95. The molecule has 0 spiro atoms. The smallest absolute Gasteiger partial charge is 0.440 e. The molecule has 2 aromatic heterocycles. The highest BCUT2D eigenvalue weighted by Crippen LogP contribution is 2.47. The number of ether oxygens (including phenoxy) is 6. The first kappa shape index (κ1) is 45.2. The van der Waals surface area contributed by atoms with Gasteiger partial charge >= 0.3 is 11.5 Å². The fraction of sp³-hybridized carbons (Fsp3) is 0.120. The van der Waals surface area contributed by atoms with Gasteiger partial charge in [-0.05, 0) is 96.1 Å². The van der Waals surface area contributed by atoms with Crippen molar-refractivity contribution >= 4 is 46.1 Å². The van der Waals surface area contributed by atoms with Crippen LogP contribution >= 0.6 is 11.6 Å². The molecule has 340 valence electrons. The second-order valence-electron chi connectivity index (χ2n) is 14.7. The largest absolute Gasteiger partial charge is 0.493 e. The summed E-state index contributed by atoms with van der Waals surface area (Å²) in [6.45, 7) is 0. The van der Waals surface area contributed by atoms with Crippen LogP contribution in [0.15, 0.2) is 133 Å². The molecule has 0 fully saturated rings. The molecule has 0 bridgehead atoms. The van der Waals surface area contributed by atoms with Crippen molar-refractivity contribution in [3.05, 3.63) is 167 Å². The molecule has 0 saturated carbocycles. The molecule has 0 amide bonds. The predicted molar refractivity (Wildman–Crippen MR) is 249 cm³/mol. The van der Waals surface area contributed by atoms with Crippen LogP contribution in [0.2, 0.25) is 0 Å². The number of hydrogen-bond donors (Lipinski definition) is 3. The van der Waals surface area contributed by atoms with Gasteiger partial charge in [0.2, 0.25) is 0 Å². The van der Waals surface area contributed by atoms with Gasteiger partial charge < -0.3 is 39.1 Å². The number of fused-ring (bicyclic) bond motifs is 6. The van der Waals surface area contributed by atoms with E-state index < -0.39 is 11.5 Å². The fourth-order valence-electron chi connectivity index (χ4n) is 7.58. The summed E-state index contributed by atoms with van der Waals surface area (Å²) in [6.07, 6.45) is 0.563. The van der Waals surface area contributed by atoms with Gasteiger partial charge in [-0.15, -0.1) is 5.10 Å². The molecular formula is C50H41ClF2N6O8. The van der Waals surface area contributed by atoms with Crippen molar-refractivity contribution < 1.29 is 46.8 Å². The van der Waals surface area contributed by atoms with Crippen molar-refractivity contribution in [1.82, 2.24) is 20.0 Å². The highest BCUT2D eigenvalue weighted by atomic mass is 35.5. The number of nitrogens with zero attached hydrogens (tertiary/aromatic N) is 3. The van der Waals surface area contributed by atoms with Crippen LogP contribution in [0, 0.1) is 11.6 Å². The van der Waals surface area contributed by atoms with Crippen molar-refractivity contribution in [2.75, 3.05) is 39.1 Å². The summed E-state index contributed by atoms with van der Waals surface area (Å²) in [5, 5.41) is 18.2. The lowest BCUT2D eigenvalue weighted by molar-refractivity contribution is 0.199. The van der Waals surface area contributed by atoms with E-state index in [4.69, 9.17) is 35.3 Å². The van der Waals surface area contributed by atoms with E-state index in [2.05, 4.69) is 30.7 Å². The minimum absolute atomic E-state index is 0.287. The lowest BCUT2D eigenvalue weighted by Crippen LogP contribution is -2.19. The van der Waals surface area contributed by atoms with E-state index in [0.717, 1.165) is 45.5 Å². The molecule has 0 saturated heterocycles. The number of H-pyrrole nitrogens is 1. The molecule has 2 heterocycles. The van der Waals surface area contributed by atoms with Gasteiger partial charge in [-0.1, -0.05) is 48.5 Å². The van der Waals surface area contributed by atoms with Crippen molar-refractivity contribution in [1.29, 1.82) is 0 Å². The summed E-state index contributed by atoms with van der Waals surface area (Å²) in [5.74, 6) is 3.84. The molecule has 67 heavy (non-hydrogen) atoms. The number of aromatic amines is 1. The average Bonchev–Trinajstić information content (AvgIpc) is 4.09. The number of benzene rings is 6. The van der Waals surface area contributed by atoms with Gasteiger partial charge in [0.1, 0.15) is 23.1 Å². The Balaban J connectivity index is 0.000000156. The standard InChI is InChI=1S/C25H20FN3O4.C18H16FN3O2.C7H5ClO2/c1-31-21-12-15-11-20-23(19(15)14-22(21)32-2)29(25(30)33-18-9-4-3-5-10-18)28-24(20)27-17-8-6-7-16(26)13-17;1-23-15-7-10-6-14-17(13(10)9-16(15)24-2)21-22-18(14)20-12-5-3-4-11(19)8-12;8-7(9)10-6-4-2-1-3-5-6/h3-10,12-14H,11H2,1-2H3,(H,27,28);3-5,7-9H,6H2,1-2H3,(H2,20,21,22);1-5H. The number of anilines is 4. The van der Waals surface area contributed by atoms with Gasteiger partial charge in [0.25, 0.3) is 0 Å². The van der Waals surface area contributed by atoms with Crippen LogP contribution in [-0.4, -0.2) is 59.9 Å². The third-order valence-electron chi connectivity index (χ3n) is 10.6. The van der Waals surface area contributed by atoms with E-state index in [-0.39, 0.29) is 11.6 Å². The van der Waals surface area contributed by atoms with E-state index in [1.165, 1.54) is 28.9 Å². The maximum atomic E-state index is 13.7. The average molecular weight is 927 g/mol. The van der Waals surface area contributed by atoms with Crippen LogP contribution in [0.5, 0.6) is 34.5 Å². The number of carbonyl (C=O) groups excluding carboxylic acids is 2. The number of para-hydroxylation sites is 2. The van der Waals surface area contributed by atoms with Gasteiger partial charge in [0, 0.05) is 58.1 Å². The summed E-state index contributed by atoms with van der Waals surface area (Å²) in [4.78, 5) is 23.3. The Bertz CT molecular complexity index is 3070. The van der Waals surface area contributed by atoms with E-state index in [0.29, 0.717) is 69.6 Å². The van der Waals surface area contributed by atoms with Gasteiger partial charge in [0.05, 0.1) is 39.8 Å². The molecule has 6 aromatic carbocycles. The van der Waals surface area contributed by atoms with E-state index in [1.54, 1.807) is 101 Å². The fourth-order valence-corrected chi connectivity index (χ4v) is 7.67. The molecule has 0 aliphatic heterocycles. The number of aromatic nitrogens is 4. The van der Waals surface area contributed by atoms with Gasteiger partial charge in [-0.25, -0.2) is 18.4 Å². The van der Waals surface area contributed by atoms with Crippen LogP contribution in [-0.2, 0) is 12.8 Å². The number of rotatable bonds is 10. The van der Waals surface area contributed by atoms with E-state index >= 15 is 0 Å². The van der Waals surface area contributed by atoms with Crippen molar-refractivity contribution in [3.8, 4) is 57.0 Å². The van der Waals surface area contributed by atoms with E-state index in [1.807, 2.05) is 36.4 Å². The maximum Gasteiger partial charge on any atom is 0.440 e. The lowest BCUT2D eigenvalue weighted by Gasteiger charge is -2.12. The molecule has 0 unspecified atom stereocenters. The molecule has 2 aliphatic rings. The second kappa shape index (κ2) is 20.2. The molecule has 3 N–H and O–H groups in total. The van der Waals surface area contributed by atoms with Crippen LogP contribution in [0.1, 0.15) is 22.3 Å². The molecule has 0 radical (unpaired) electrons. The number of hydrogen-bond acceptors (Lipinski definition) is 12. The minimum Gasteiger partial charge on any atom is -0.493 e. The number of carbonyl (C=O) groups is 2. The maximum absolute atomic E-state index is 13.7. The van der Waals surface area contributed by atoms with Crippen LogP contribution < -0.4 is 39.1 Å². The lowest BCUT2D eigenvalue weighted by atomic mass is 10.1. The Kier molecular flexibility index (Phi) is 13.6. The molecule has 8 aromatic rings. The molecule has 14 nitrogen and oxygen atoms in total. The number of nitrogens with one attached hydrogen (secondary N) is 3. The Morgan fingerprint density at radius 1 is 0.597 bits per heavy atom. The molecular weight excluding hydrogens is 886 g/mol. The number of halogens is 3. The Morgan fingerprint density at radius 2 is 1.09 bits per heavy atom. The topological polar surface area (TPSA) is 160 Å². The summed E-state index contributed by atoms with van der Waals surface area (Å²) in [7, 11) is 6.36. The highest BCUT2D eigenvalue weighted by Gasteiger charge is 2.33. The third kappa shape index (κ3) is 10.1. The van der Waals surface area contributed by atoms with Crippen molar-refractivity contribution in [2.45, 2.75) is 12.8 Å². The third-order valence-corrected chi connectivity index (χ3v) is 10.6. The monoisotopic (exact) mass is 926 g/mol. The first-order valence-electron chi connectivity index (χ1n) is 20.5. The zero-order chi connectivity index (χ0) is 47.0. The van der Waals surface area contributed by atoms with Gasteiger partial charge in [-0.2, -0.15) is 9.78 Å². The van der Waals surface area contributed by atoms with Gasteiger partial charge in [0.15, 0.2) is 34.6 Å². The predicted octanol–water partition coefficient (Wildman–Crippen LogP) is 11.7. The SMILES string of the molecule is COc1cc2c(cc1OC)-c1[nH]nc(Nc3cccc(F)c3)c1C2.COc1cc2c(cc1OC)-c1c(c(Nc3cccc(F)c3)nn1C(=O)Oc1ccccc1)C2.O=C(Cl)Oc1ccccc1. The number of methoxy groups -OCH3 is 4. The highest BCUT2D eigenvalue weighted by molar-refractivity contribution is 6.61. The Hall–Kier alpha value is -8.37. The van der Waals surface area contributed by atoms with Crippen molar-refractivity contribution in [3.63, 3.8) is 0 Å². The minimum atomic E-state index is -0.814. The quantitative estimate of drug-likeness (QED) is 0.112. The molecule has 0 atom stereocenters. The Labute approximate surface area is 387 Å². The summed E-state index contributed by atoms with van der Waals surface area (Å²) in [6, 6.07) is 37.4. The summed E-state index contributed by atoms with van der Waals surface area (Å²) in [5.41, 5.74) is 7.65. The van der Waals surface area contributed by atoms with E-state index in [9.17, 15) is 18.4 Å². The van der Waals surface area contributed by atoms with Crippen molar-refractivity contribution in [2.24, 2.45) is 0 Å². The second-order valence-corrected chi connectivity index (χ2v) is 15.0. The molecule has 17 heteroatoms. The summed E-state index contributed by atoms with van der Waals surface area (Å²) < 4.78 is 60.0.